The molecule has 0 radical (unpaired) electrons. The van der Waals surface area contributed by atoms with Gasteiger partial charge in [-0.2, -0.15) is 5.10 Å². The van der Waals surface area contributed by atoms with Crippen LogP contribution in [0.2, 0.25) is 0 Å². The zero-order chi connectivity index (χ0) is 21.7. The SMILES string of the molecule is CC[C@H](C)[C@H]1c2nc(-c3cccnc3)nn2CCN1C(=O)c1csc(N)n1.O=CO. The molecule has 30 heavy (non-hydrogen) atoms. The Morgan fingerprint density at radius 1 is 1.43 bits per heavy atom. The molecule has 1 aliphatic rings. The maximum Gasteiger partial charge on any atom is 0.290 e. The number of nitrogens with two attached hydrogens (primary N) is 1. The first-order valence-electron chi connectivity index (χ1n) is 9.45. The Kier molecular flexibility index (Phi) is 6.72. The van der Waals surface area contributed by atoms with Crippen molar-refractivity contribution in [3.8, 4) is 11.4 Å². The number of nitrogens with zero attached hydrogens (tertiary/aromatic N) is 6. The largest absolute Gasteiger partial charge is 0.483 e. The summed E-state index contributed by atoms with van der Waals surface area (Å²) in [7, 11) is 0. The Bertz CT molecular complexity index is 1000. The minimum absolute atomic E-state index is 0.106. The van der Waals surface area contributed by atoms with Gasteiger partial charge in [0.2, 0.25) is 0 Å². The fraction of sp³-hybridized carbons (Fsp3) is 0.368. The molecule has 0 saturated carbocycles. The molecule has 3 N–H and O–H groups in total. The molecule has 1 amide bonds. The Morgan fingerprint density at radius 3 is 2.80 bits per heavy atom. The fourth-order valence-electron chi connectivity index (χ4n) is 3.38. The summed E-state index contributed by atoms with van der Waals surface area (Å²) in [4.78, 5) is 36.4. The number of carbonyl (C=O) groups is 2. The molecule has 0 unspecified atom stereocenters. The van der Waals surface area contributed by atoms with E-state index in [1.54, 1.807) is 17.8 Å². The van der Waals surface area contributed by atoms with Gasteiger partial charge in [0.15, 0.2) is 16.8 Å². The number of pyridine rings is 1. The van der Waals surface area contributed by atoms with Gasteiger partial charge < -0.3 is 15.7 Å². The number of anilines is 1. The van der Waals surface area contributed by atoms with E-state index in [-0.39, 0.29) is 24.3 Å². The molecule has 2 atom stereocenters. The average Bonchev–Trinajstić information content (AvgIpc) is 3.39. The summed E-state index contributed by atoms with van der Waals surface area (Å²) in [5.74, 6) is 1.57. The van der Waals surface area contributed by atoms with Crippen LogP contribution >= 0.6 is 11.3 Å². The summed E-state index contributed by atoms with van der Waals surface area (Å²) in [6.07, 6.45) is 4.39. The lowest BCUT2D eigenvalue weighted by atomic mass is 9.95. The predicted octanol–water partition coefficient (Wildman–Crippen LogP) is 2.32. The van der Waals surface area contributed by atoms with Gasteiger partial charge in [-0.1, -0.05) is 20.3 Å². The normalized spacial score (nSPS) is 16.2. The van der Waals surface area contributed by atoms with Crippen molar-refractivity contribution in [1.82, 2.24) is 29.6 Å². The van der Waals surface area contributed by atoms with Gasteiger partial charge in [-0.25, -0.2) is 14.6 Å². The first-order valence-corrected chi connectivity index (χ1v) is 10.3. The van der Waals surface area contributed by atoms with E-state index in [0.29, 0.717) is 29.7 Å². The Hall–Kier alpha value is -3.34. The number of rotatable bonds is 4. The molecule has 4 rings (SSSR count). The Labute approximate surface area is 177 Å². The maximum absolute atomic E-state index is 13.1. The molecule has 1 aliphatic heterocycles. The van der Waals surface area contributed by atoms with Crippen LogP contribution in [0.25, 0.3) is 11.4 Å². The number of hydrogen-bond acceptors (Lipinski definition) is 8. The smallest absolute Gasteiger partial charge is 0.290 e. The van der Waals surface area contributed by atoms with Gasteiger partial charge in [0.25, 0.3) is 12.4 Å². The average molecular weight is 430 g/mol. The van der Waals surface area contributed by atoms with Crippen molar-refractivity contribution >= 4 is 28.8 Å². The van der Waals surface area contributed by atoms with Crippen LogP contribution in [0.3, 0.4) is 0 Å². The van der Waals surface area contributed by atoms with Gasteiger partial charge in [0.1, 0.15) is 5.69 Å². The van der Waals surface area contributed by atoms with E-state index in [1.165, 1.54) is 11.3 Å². The molecule has 3 aromatic rings. The molecule has 0 aromatic carbocycles. The van der Waals surface area contributed by atoms with E-state index in [9.17, 15) is 4.79 Å². The van der Waals surface area contributed by atoms with Crippen LogP contribution in [0.5, 0.6) is 0 Å². The van der Waals surface area contributed by atoms with Crippen molar-refractivity contribution in [3.05, 3.63) is 41.4 Å². The number of carbonyl (C=O) groups excluding carboxylic acids is 1. The van der Waals surface area contributed by atoms with Crippen LogP contribution in [0.4, 0.5) is 5.13 Å². The maximum atomic E-state index is 13.1. The van der Waals surface area contributed by atoms with Crippen molar-refractivity contribution < 1.29 is 14.7 Å². The third kappa shape index (κ3) is 4.30. The second-order valence-corrected chi connectivity index (χ2v) is 7.65. The van der Waals surface area contributed by atoms with Crippen molar-refractivity contribution in [2.24, 2.45) is 5.92 Å². The summed E-state index contributed by atoms with van der Waals surface area (Å²) in [5.41, 5.74) is 6.98. The van der Waals surface area contributed by atoms with Crippen molar-refractivity contribution in [2.45, 2.75) is 32.9 Å². The third-order valence-electron chi connectivity index (χ3n) is 4.96. The summed E-state index contributed by atoms with van der Waals surface area (Å²) in [6, 6.07) is 3.65. The van der Waals surface area contributed by atoms with Gasteiger partial charge in [0, 0.05) is 29.9 Å². The van der Waals surface area contributed by atoms with E-state index in [1.807, 2.05) is 21.7 Å². The number of thiazole rings is 1. The highest BCUT2D eigenvalue weighted by Crippen LogP contribution is 2.35. The summed E-state index contributed by atoms with van der Waals surface area (Å²) < 4.78 is 1.92. The summed E-state index contributed by atoms with van der Waals surface area (Å²) >= 11 is 1.28. The van der Waals surface area contributed by atoms with Gasteiger partial charge in [-0.15, -0.1) is 11.3 Å². The highest BCUT2D eigenvalue weighted by Gasteiger charge is 2.37. The van der Waals surface area contributed by atoms with Crippen LogP contribution in [-0.2, 0) is 11.3 Å². The molecule has 0 fully saturated rings. The van der Waals surface area contributed by atoms with Crippen molar-refractivity contribution in [1.29, 1.82) is 0 Å². The van der Waals surface area contributed by atoms with E-state index >= 15 is 0 Å². The van der Waals surface area contributed by atoms with Gasteiger partial charge in [-0.3, -0.25) is 14.6 Å². The first kappa shape index (κ1) is 21.4. The van der Waals surface area contributed by atoms with E-state index in [0.717, 1.165) is 17.8 Å². The second-order valence-electron chi connectivity index (χ2n) is 6.76. The third-order valence-corrected chi connectivity index (χ3v) is 5.63. The highest BCUT2D eigenvalue weighted by molar-refractivity contribution is 7.13. The second kappa shape index (κ2) is 9.44. The Morgan fingerprint density at radius 2 is 2.20 bits per heavy atom. The van der Waals surface area contributed by atoms with Gasteiger partial charge in [-0.05, 0) is 18.1 Å². The molecular formula is C19H23N7O3S. The zero-order valence-corrected chi connectivity index (χ0v) is 17.5. The molecule has 4 heterocycles. The van der Waals surface area contributed by atoms with Crippen LogP contribution in [0.15, 0.2) is 29.9 Å². The van der Waals surface area contributed by atoms with E-state index in [2.05, 4.69) is 28.9 Å². The number of hydrogen-bond donors (Lipinski definition) is 2. The van der Waals surface area contributed by atoms with Crippen molar-refractivity contribution in [3.63, 3.8) is 0 Å². The lowest BCUT2D eigenvalue weighted by molar-refractivity contribution is -0.122. The minimum atomic E-state index is -0.250. The molecule has 0 saturated heterocycles. The standard InChI is InChI=1S/C18H21N7OS.CH2O2/c1-3-11(2)14-16-22-15(12-5-4-6-20-9-12)23-25(16)8-7-24(14)17(26)13-10-27-18(19)21-13;2-1-3/h4-6,9-11,14H,3,7-8H2,1-2H3,(H2,19,21);1H,(H,2,3)/t11-,14-;/m0./s1. The van der Waals surface area contributed by atoms with Crippen LogP contribution < -0.4 is 5.73 Å². The van der Waals surface area contributed by atoms with Crippen LogP contribution in [0, 0.1) is 5.92 Å². The number of nitrogen functional groups attached to an aromatic ring is 1. The topological polar surface area (TPSA) is 140 Å². The molecule has 3 aromatic heterocycles. The molecular weight excluding hydrogens is 406 g/mol. The first-order chi connectivity index (χ1) is 14.5. The fourth-order valence-corrected chi connectivity index (χ4v) is 3.92. The number of carboxylic acid groups (broad SMARTS) is 1. The zero-order valence-electron chi connectivity index (χ0n) is 16.7. The quantitative estimate of drug-likeness (QED) is 0.602. The molecule has 0 aliphatic carbocycles. The molecule has 158 valence electrons. The monoisotopic (exact) mass is 429 g/mol. The van der Waals surface area contributed by atoms with E-state index in [4.69, 9.17) is 20.6 Å². The lowest BCUT2D eigenvalue weighted by Gasteiger charge is -2.37. The number of fused-ring (bicyclic) bond motifs is 1. The lowest BCUT2D eigenvalue weighted by Crippen LogP contribution is -2.45. The van der Waals surface area contributed by atoms with Crippen LogP contribution in [0.1, 0.15) is 42.6 Å². The van der Waals surface area contributed by atoms with Gasteiger partial charge >= 0.3 is 0 Å². The highest BCUT2D eigenvalue weighted by atomic mass is 32.1. The number of amides is 1. The number of aromatic nitrogens is 5. The minimum Gasteiger partial charge on any atom is -0.483 e. The van der Waals surface area contributed by atoms with Gasteiger partial charge in [0.05, 0.1) is 12.6 Å². The molecule has 0 spiro atoms. The van der Waals surface area contributed by atoms with E-state index < -0.39 is 0 Å². The Balaban J connectivity index is 0.000000806. The van der Waals surface area contributed by atoms with Crippen LogP contribution in [-0.4, -0.2) is 53.7 Å². The predicted molar refractivity (Wildman–Crippen MR) is 112 cm³/mol. The molecule has 0 bridgehead atoms. The summed E-state index contributed by atoms with van der Waals surface area (Å²) in [5, 5.41) is 13.7. The summed E-state index contributed by atoms with van der Waals surface area (Å²) in [6.45, 7) is 5.16. The van der Waals surface area contributed by atoms with Crippen molar-refractivity contribution in [2.75, 3.05) is 12.3 Å². The molecule has 11 heteroatoms. The molecule has 10 nitrogen and oxygen atoms in total.